The van der Waals surface area contributed by atoms with E-state index in [2.05, 4.69) is 46.4 Å². The van der Waals surface area contributed by atoms with Gasteiger partial charge in [0.05, 0.1) is 18.8 Å². The van der Waals surface area contributed by atoms with Gasteiger partial charge < -0.3 is 9.88 Å². The summed E-state index contributed by atoms with van der Waals surface area (Å²) in [6, 6.07) is 20.7. The van der Waals surface area contributed by atoms with Gasteiger partial charge in [-0.05, 0) is 30.3 Å². The van der Waals surface area contributed by atoms with E-state index in [9.17, 15) is 4.79 Å². The second-order valence-corrected chi connectivity index (χ2v) is 7.21. The monoisotopic (exact) mass is 378 g/mol. The summed E-state index contributed by atoms with van der Waals surface area (Å²) in [5.41, 5.74) is 2.99. The topological polar surface area (TPSA) is 53.1 Å². The molecule has 0 radical (unpaired) electrons. The van der Waals surface area contributed by atoms with Crippen molar-refractivity contribution in [1.82, 2.24) is 14.5 Å². The molecule has 5 nitrogen and oxygen atoms in total. The molecular weight excluding hydrogens is 356 g/mol. The predicted molar refractivity (Wildman–Crippen MR) is 110 cm³/mol. The largest absolute Gasteiger partial charge is 0.358 e. The maximum Gasteiger partial charge on any atom is 0.258 e. The molecule has 27 heavy (non-hydrogen) atoms. The lowest BCUT2D eigenvalue weighted by Crippen LogP contribution is -2.40. The molecule has 0 fully saturated rings. The zero-order valence-electron chi connectivity index (χ0n) is 15.2. The molecule has 0 aliphatic carbocycles. The number of fused-ring (bicyclic) bond motifs is 1. The highest BCUT2D eigenvalue weighted by molar-refractivity contribution is 7.71. The number of hydrogen-bond donors (Lipinski definition) is 2. The maximum absolute atomic E-state index is 12.6. The number of aromatic nitrogens is 2. The van der Waals surface area contributed by atoms with Gasteiger partial charge in [0, 0.05) is 12.6 Å². The minimum atomic E-state index is -0.114. The summed E-state index contributed by atoms with van der Waals surface area (Å²) < 4.78 is 2.42. The van der Waals surface area contributed by atoms with E-state index in [-0.39, 0.29) is 11.6 Å². The summed E-state index contributed by atoms with van der Waals surface area (Å²) in [4.78, 5) is 17.7. The summed E-state index contributed by atoms with van der Waals surface area (Å²) in [6.07, 6.45) is 0. The number of anilines is 1. The third kappa shape index (κ3) is 3.59. The van der Waals surface area contributed by atoms with E-state index in [0.29, 0.717) is 24.5 Å². The Kier molecular flexibility index (Phi) is 4.92. The number of hydrogen-bond acceptors (Lipinski definition) is 4. The average Bonchev–Trinajstić information content (AvgIpc) is 2.71. The second kappa shape index (κ2) is 7.50. The molecule has 2 aromatic carbocycles. The molecule has 0 saturated heterocycles. The Morgan fingerprint density at radius 1 is 1.07 bits per heavy atom. The summed E-state index contributed by atoms with van der Waals surface area (Å²) in [5.74, 6) is 0.823. The Morgan fingerprint density at radius 2 is 1.74 bits per heavy atom. The molecule has 1 aliphatic rings. The molecule has 0 spiro atoms. The van der Waals surface area contributed by atoms with Gasteiger partial charge in [-0.1, -0.05) is 60.7 Å². The smallest absolute Gasteiger partial charge is 0.258 e. The fraction of sp³-hybridized carbons (Fsp3) is 0.238. The molecule has 1 atom stereocenters. The summed E-state index contributed by atoms with van der Waals surface area (Å²) in [5, 5.41) is 3.44. The zero-order valence-corrected chi connectivity index (χ0v) is 16.0. The van der Waals surface area contributed by atoms with Crippen molar-refractivity contribution in [3.05, 3.63) is 92.5 Å². The van der Waals surface area contributed by atoms with Gasteiger partial charge in [0.2, 0.25) is 0 Å². The number of H-pyrrole nitrogens is 1. The Hall–Kier alpha value is -2.70. The van der Waals surface area contributed by atoms with Crippen LogP contribution in [0, 0.1) is 4.77 Å². The standard InChI is InChI=1S/C21H22N4OS/c1-15(17-10-6-3-7-11-17)24-13-18-19(22-14-24)25(21(27)23-20(18)26)12-16-8-4-2-5-9-16/h2-11,15,22H,12-14H2,1H3,(H,23,26,27)/t15-/m1/s1. The lowest BCUT2D eigenvalue weighted by molar-refractivity contribution is 0.206. The average molecular weight is 379 g/mol. The van der Waals surface area contributed by atoms with Gasteiger partial charge in [-0.15, -0.1) is 0 Å². The van der Waals surface area contributed by atoms with Crippen LogP contribution in [-0.2, 0) is 13.1 Å². The second-order valence-electron chi connectivity index (χ2n) is 6.83. The van der Waals surface area contributed by atoms with E-state index in [4.69, 9.17) is 12.2 Å². The molecule has 2 N–H and O–H groups in total. The van der Waals surface area contributed by atoms with Crippen LogP contribution in [0.2, 0.25) is 0 Å². The third-order valence-electron chi connectivity index (χ3n) is 5.12. The normalized spacial score (nSPS) is 15.0. The van der Waals surface area contributed by atoms with Crippen molar-refractivity contribution in [2.45, 2.75) is 26.1 Å². The summed E-state index contributed by atoms with van der Waals surface area (Å²) >= 11 is 5.44. The number of aromatic amines is 1. The first-order valence-corrected chi connectivity index (χ1v) is 9.47. The zero-order chi connectivity index (χ0) is 18.8. The van der Waals surface area contributed by atoms with Crippen LogP contribution in [-0.4, -0.2) is 21.1 Å². The van der Waals surface area contributed by atoms with Crippen molar-refractivity contribution < 1.29 is 0 Å². The highest BCUT2D eigenvalue weighted by Gasteiger charge is 2.25. The van der Waals surface area contributed by atoms with Crippen LogP contribution in [0.4, 0.5) is 5.82 Å². The molecule has 3 aromatic rings. The van der Waals surface area contributed by atoms with Gasteiger partial charge in [-0.25, -0.2) is 0 Å². The van der Waals surface area contributed by atoms with Crippen LogP contribution < -0.4 is 10.9 Å². The van der Waals surface area contributed by atoms with Crippen LogP contribution in [0.5, 0.6) is 0 Å². The fourth-order valence-electron chi connectivity index (χ4n) is 3.53. The maximum atomic E-state index is 12.6. The van der Waals surface area contributed by atoms with Crippen molar-refractivity contribution in [2.75, 3.05) is 12.0 Å². The van der Waals surface area contributed by atoms with Crippen molar-refractivity contribution in [3.63, 3.8) is 0 Å². The predicted octanol–water partition coefficient (Wildman–Crippen LogP) is 3.90. The van der Waals surface area contributed by atoms with Crippen LogP contribution in [0.25, 0.3) is 0 Å². The lowest BCUT2D eigenvalue weighted by Gasteiger charge is -2.35. The van der Waals surface area contributed by atoms with E-state index in [1.165, 1.54) is 5.56 Å². The Balaban J connectivity index is 1.67. The van der Waals surface area contributed by atoms with E-state index in [0.717, 1.165) is 16.9 Å². The van der Waals surface area contributed by atoms with Crippen molar-refractivity contribution >= 4 is 18.0 Å². The molecule has 1 aliphatic heterocycles. The van der Waals surface area contributed by atoms with E-state index in [1.54, 1.807) is 0 Å². The van der Waals surface area contributed by atoms with E-state index < -0.39 is 0 Å². The van der Waals surface area contributed by atoms with E-state index >= 15 is 0 Å². The van der Waals surface area contributed by atoms with Gasteiger partial charge >= 0.3 is 0 Å². The van der Waals surface area contributed by atoms with Crippen LogP contribution in [0.15, 0.2) is 65.5 Å². The van der Waals surface area contributed by atoms with Gasteiger partial charge in [-0.2, -0.15) is 0 Å². The van der Waals surface area contributed by atoms with Crippen LogP contribution in [0.1, 0.15) is 29.7 Å². The molecule has 4 rings (SSSR count). The van der Waals surface area contributed by atoms with Crippen molar-refractivity contribution in [2.24, 2.45) is 0 Å². The van der Waals surface area contributed by atoms with E-state index in [1.807, 2.05) is 41.0 Å². The van der Waals surface area contributed by atoms with Crippen LogP contribution >= 0.6 is 12.2 Å². The Morgan fingerprint density at radius 3 is 2.44 bits per heavy atom. The number of rotatable bonds is 4. The Labute approximate surface area is 163 Å². The molecule has 138 valence electrons. The first-order chi connectivity index (χ1) is 13.1. The lowest BCUT2D eigenvalue weighted by atomic mass is 10.1. The molecule has 0 unspecified atom stereocenters. The molecule has 0 saturated carbocycles. The highest BCUT2D eigenvalue weighted by Crippen LogP contribution is 2.27. The number of nitrogens with one attached hydrogen (secondary N) is 2. The fourth-order valence-corrected chi connectivity index (χ4v) is 3.78. The van der Waals surface area contributed by atoms with Crippen LogP contribution in [0.3, 0.4) is 0 Å². The molecule has 2 heterocycles. The summed E-state index contributed by atoms with van der Waals surface area (Å²) in [7, 11) is 0. The van der Waals surface area contributed by atoms with Crippen molar-refractivity contribution in [3.8, 4) is 0 Å². The van der Waals surface area contributed by atoms with Gasteiger partial charge in [-0.3, -0.25) is 14.7 Å². The summed E-state index contributed by atoms with van der Waals surface area (Å²) in [6.45, 7) is 4.03. The third-order valence-corrected chi connectivity index (χ3v) is 5.44. The minimum absolute atomic E-state index is 0.114. The Bertz CT molecular complexity index is 1040. The van der Waals surface area contributed by atoms with Gasteiger partial charge in [0.25, 0.3) is 5.56 Å². The van der Waals surface area contributed by atoms with Gasteiger partial charge in [0.15, 0.2) is 4.77 Å². The minimum Gasteiger partial charge on any atom is -0.358 e. The first kappa shape index (κ1) is 17.7. The highest BCUT2D eigenvalue weighted by atomic mass is 32.1. The number of benzene rings is 2. The first-order valence-electron chi connectivity index (χ1n) is 9.06. The van der Waals surface area contributed by atoms with Crippen molar-refractivity contribution in [1.29, 1.82) is 0 Å². The molecule has 0 amide bonds. The quantitative estimate of drug-likeness (QED) is 0.676. The van der Waals surface area contributed by atoms with Gasteiger partial charge in [0.1, 0.15) is 5.82 Å². The SMILES string of the molecule is C[C@H](c1ccccc1)N1CNc2c(c(=O)[nH]c(=S)n2Cc2ccccc2)C1. The molecule has 0 bridgehead atoms. The molecular formula is C21H22N4OS. The number of nitrogens with zero attached hydrogens (tertiary/aromatic N) is 2. The molecule has 6 heteroatoms. The molecule has 1 aromatic heterocycles.